The lowest BCUT2D eigenvalue weighted by Gasteiger charge is -2.03. The molecule has 1 aliphatic rings. The normalized spacial score (nSPS) is 14.9. The summed E-state index contributed by atoms with van der Waals surface area (Å²) in [6, 6.07) is 5.52. The number of aliphatic imine (C=N–C) groups is 1. The molecule has 3 rings (SSSR count). The Morgan fingerprint density at radius 2 is 2.35 bits per heavy atom. The molecule has 2 heterocycles. The van der Waals surface area contributed by atoms with Crippen molar-refractivity contribution >= 4 is 44.4 Å². The monoisotopic (exact) mass is 263 g/mol. The number of aromatic nitrogens is 1. The third-order valence-electron chi connectivity index (χ3n) is 2.40. The van der Waals surface area contributed by atoms with E-state index in [-0.39, 0.29) is 5.91 Å². The molecule has 1 N–H and O–H groups in total. The highest BCUT2D eigenvalue weighted by Crippen LogP contribution is 2.19. The van der Waals surface area contributed by atoms with Crippen LogP contribution in [-0.2, 0) is 0 Å². The minimum Gasteiger partial charge on any atom is -0.301 e. The van der Waals surface area contributed by atoms with Crippen LogP contribution in [0.25, 0.3) is 10.2 Å². The molecule has 4 nitrogen and oxygen atoms in total. The fourth-order valence-electron chi connectivity index (χ4n) is 1.58. The molecule has 0 saturated carbocycles. The maximum absolute atomic E-state index is 11.9. The van der Waals surface area contributed by atoms with Gasteiger partial charge in [-0.1, -0.05) is 11.8 Å². The average Bonchev–Trinajstić information content (AvgIpc) is 2.97. The van der Waals surface area contributed by atoms with Gasteiger partial charge in [0.15, 0.2) is 5.17 Å². The van der Waals surface area contributed by atoms with Crippen LogP contribution in [0.2, 0.25) is 0 Å². The van der Waals surface area contributed by atoms with Gasteiger partial charge in [-0.05, 0) is 18.2 Å². The summed E-state index contributed by atoms with van der Waals surface area (Å²) in [4.78, 5) is 20.3. The van der Waals surface area contributed by atoms with E-state index in [0.717, 1.165) is 27.7 Å². The van der Waals surface area contributed by atoms with Crippen LogP contribution in [0, 0.1) is 0 Å². The van der Waals surface area contributed by atoms with E-state index in [4.69, 9.17) is 0 Å². The van der Waals surface area contributed by atoms with Crippen LogP contribution in [0.15, 0.2) is 28.7 Å². The first-order chi connectivity index (χ1) is 8.33. The maximum Gasteiger partial charge on any atom is 0.257 e. The van der Waals surface area contributed by atoms with Crippen LogP contribution in [0.4, 0.5) is 0 Å². The molecule has 2 aromatic rings. The zero-order valence-electron chi connectivity index (χ0n) is 8.84. The summed E-state index contributed by atoms with van der Waals surface area (Å²) in [5.41, 5.74) is 3.36. The average molecular weight is 263 g/mol. The van der Waals surface area contributed by atoms with Crippen molar-refractivity contribution in [3.8, 4) is 0 Å². The molecule has 1 aliphatic heterocycles. The molecular weight excluding hydrogens is 254 g/mol. The van der Waals surface area contributed by atoms with Gasteiger partial charge in [-0.25, -0.2) is 4.98 Å². The van der Waals surface area contributed by atoms with Crippen molar-refractivity contribution in [1.29, 1.82) is 0 Å². The Kier molecular flexibility index (Phi) is 2.82. The van der Waals surface area contributed by atoms with E-state index in [0.29, 0.717) is 5.56 Å². The lowest BCUT2D eigenvalue weighted by molar-refractivity contribution is 0.0978. The molecule has 17 heavy (non-hydrogen) atoms. The van der Waals surface area contributed by atoms with Crippen LogP contribution < -0.4 is 5.32 Å². The van der Waals surface area contributed by atoms with Gasteiger partial charge in [-0.3, -0.25) is 9.79 Å². The lowest BCUT2D eigenvalue weighted by Crippen LogP contribution is -2.27. The smallest absolute Gasteiger partial charge is 0.257 e. The van der Waals surface area contributed by atoms with Crippen molar-refractivity contribution in [2.45, 2.75) is 0 Å². The summed E-state index contributed by atoms with van der Waals surface area (Å²) in [6.45, 7) is 0.786. The largest absolute Gasteiger partial charge is 0.301 e. The highest BCUT2D eigenvalue weighted by molar-refractivity contribution is 8.14. The molecule has 0 saturated heterocycles. The molecular formula is C11H9N3OS2. The van der Waals surface area contributed by atoms with Crippen LogP contribution in [0.5, 0.6) is 0 Å². The Morgan fingerprint density at radius 1 is 1.41 bits per heavy atom. The Hall–Kier alpha value is -1.40. The third kappa shape index (κ3) is 2.18. The molecule has 0 aliphatic carbocycles. The predicted octanol–water partition coefficient (Wildman–Crippen LogP) is 2.13. The van der Waals surface area contributed by atoms with E-state index in [1.165, 1.54) is 11.3 Å². The molecule has 86 valence electrons. The highest BCUT2D eigenvalue weighted by Gasteiger charge is 2.13. The van der Waals surface area contributed by atoms with Gasteiger partial charge in [0.1, 0.15) is 0 Å². The summed E-state index contributed by atoms with van der Waals surface area (Å²) < 4.78 is 1.03. The Bertz CT molecular complexity index is 606. The van der Waals surface area contributed by atoms with Crippen molar-refractivity contribution in [2.24, 2.45) is 4.99 Å². The number of thioether (sulfide) groups is 1. The molecule has 1 aromatic carbocycles. The van der Waals surface area contributed by atoms with Gasteiger partial charge >= 0.3 is 0 Å². The number of carbonyl (C=O) groups excluding carboxylic acids is 1. The van der Waals surface area contributed by atoms with Crippen LogP contribution in [0.3, 0.4) is 0 Å². The second kappa shape index (κ2) is 4.46. The molecule has 1 aromatic heterocycles. The number of thiazole rings is 1. The van der Waals surface area contributed by atoms with E-state index in [1.54, 1.807) is 23.3 Å². The zero-order chi connectivity index (χ0) is 11.7. The van der Waals surface area contributed by atoms with Crippen molar-refractivity contribution in [3.63, 3.8) is 0 Å². The maximum atomic E-state index is 11.9. The van der Waals surface area contributed by atoms with Gasteiger partial charge in [0, 0.05) is 11.3 Å². The highest BCUT2D eigenvalue weighted by atomic mass is 32.2. The minimum absolute atomic E-state index is 0.103. The molecule has 0 fully saturated rings. The van der Waals surface area contributed by atoms with E-state index in [9.17, 15) is 4.79 Å². The molecule has 0 atom stereocenters. The second-order valence-corrected chi connectivity index (χ2v) is 5.49. The first-order valence-electron chi connectivity index (χ1n) is 5.15. The number of hydrogen-bond acceptors (Lipinski definition) is 5. The fourth-order valence-corrected chi connectivity index (χ4v) is 3.02. The number of amides is 1. The topological polar surface area (TPSA) is 54.4 Å². The van der Waals surface area contributed by atoms with Gasteiger partial charge < -0.3 is 5.32 Å². The van der Waals surface area contributed by atoms with E-state index < -0.39 is 0 Å². The van der Waals surface area contributed by atoms with Gasteiger partial charge in [0.25, 0.3) is 5.91 Å². The number of benzene rings is 1. The fraction of sp³-hybridized carbons (Fsp3) is 0.182. The van der Waals surface area contributed by atoms with Crippen LogP contribution in [0.1, 0.15) is 10.4 Å². The Labute approximate surface area is 106 Å². The number of fused-ring (bicyclic) bond motifs is 1. The summed E-state index contributed by atoms with van der Waals surface area (Å²) in [5.74, 6) is 0.845. The number of hydrogen-bond donors (Lipinski definition) is 1. The molecule has 0 unspecified atom stereocenters. The second-order valence-electron chi connectivity index (χ2n) is 3.52. The summed E-state index contributed by atoms with van der Waals surface area (Å²) in [6.07, 6.45) is 0. The summed E-state index contributed by atoms with van der Waals surface area (Å²) in [5, 5.41) is 3.53. The van der Waals surface area contributed by atoms with Crippen molar-refractivity contribution < 1.29 is 4.79 Å². The number of rotatable bonds is 1. The molecule has 0 bridgehead atoms. The first kappa shape index (κ1) is 10.7. The number of amidine groups is 1. The quantitative estimate of drug-likeness (QED) is 0.857. The third-order valence-corrected chi connectivity index (χ3v) is 4.08. The van der Waals surface area contributed by atoms with Gasteiger partial charge in [-0.15, -0.1) is 11.3 Å². The zero-order valence-corrected chi connectivity index (χ0v) is 10.5. The minimum atomic E-state index is -0.103. The van der Waals surface area contributed by atoms with Gasteiger partial charge in [0.2, 0.25) is 0 Å². The lowest BCUT2D eigenvalue weighted by atomic mass is 10.2. The van der Waals surface area contributed by atoms with Crippen LogP contribution in [-0.4, -0.2) is 28.4 Å². The van der Waals surface area contributed by atoms with Crippen LogP contribution >= 0.6 is 23.1 Å². The van der Waals surface area contributed by atoms with E-state index in [2.05, 4.69) is 15.3 Å². The number of nitrogens with one attached hydrogen (secondary N) is 1. The molecule has 0 spiro atoms. The molecule has 0 radical (unpaired) electrons. The number of nitrogens with zero attached hydrogens (tertiary/aromatic N) is 2. The SMILES string of the molecule is O=C(NC1=NCCS1)c1ccc2ncsc2c1. The Morgan fingerprint density at radius 3 is 3.18 bits per heavy atom. The first-order valence-corrected chi connectivity index (χ1v) is 7.01. The van der Waals surface area contributed by atoms with Gasteiger partial charge in [-0.2, -0.15) is 0 Å². The Balaban J connectivity index is 1.84. The van der Waals surface area contributed by atoms with Crippen molar-refractivity contribution in [3.05, 3.63) is 29.3 Å². The van der Waals surface area contributed by atoms with E-state index >= 15 is 0 Å². The standard InChI is InChI=1S/C11H9N3OS2/c15-10(14-11-12-3-4-16-11)7-1-2-8-9(5-7)17-6-13-8/h1-2,5-6H,3-4H2,(H,12,14,15). The van der Waals surface area contributed by atoms with E-state index in [1.807, 2.05) is 12.1 Å². The van der Waals surface area contributed by atoms with Crippen molar-refractivity contribution in [2.75, 3.05) is 12.3 Å². The van der Waals surface area contributed by atoms with Gasteiger partial charge in [0.05, 0.1) is 22.3 Å². The predicted molar refractivity (Wildman–Crippen MR) is 71.8 cm³/mol. The van der Waals surface area contributed by atoms with Crippen molar-refractivity contribution in [1.82, 2.24) is 10.3 Å². The summed E-state index contributed by atoms with van der Waals surface area (Å²) >= 11 is 3.11. The summed E-state index contributed by atoms with van der Waals surface area (Å²) in [7, 11) is 0. The number of carbonyl (C=O) groups is 1. The molecule has 1 amide bonds. The molecule has 6 heteroatoms.